The number of carbonyl (C=O) groups excluding carboxylic acids is 3. The topological polar surface area (TPSA) is 63.7 Å². The Balaban J connectivity index is 1.39. The van der Waals surface area contributed by atoms with Gasteiger partial charge in [-0.1, -0.05) is 24.3 Å². The molecule has 7 atom stereocenters. The Morgan fingerprint density at radius 2 is 1.67 bits per heavy atom. The lowest BCUT2D eigenvalue weighted by atomic mass is 9.63. The first-order chi connectivity index (χ1) is 12.9. The van der Waals surface area contributed by atoms with Crippen LogP contribution in [0.15, 0.2) is 30.4 Å². The van der Waals surface area contributed by atoms with Crippen LogP contribution < -0.4 is 4.74 Å². The summed E-state index contributed by atoms with van der Waals surface area (Å²) in [5, 5.41) is 0. The summed E-state index contributed by atoms with van der Waals surface area (Å²) < 4.78 is 5.55. The molecule has 1 aliphatic heterocycles. The second-order valence-corrected chi connectivity index (χ2v) is 8.57. The van der Waals surface area contributed by atoms with Crippen molar-refractivity contribution >= 4 is 17.8 Å². The Bertz CT molecular complexity index is 868. The fourth-order valence-corrected chi connectivity index (χ4v) is 5.48. The molecule has 140 valence electrons. The number of imide groups is 1. The number of carbonyl (C=O) groups is 3. The fourth-order valence-electron chi connectivity index (χ4n) is 5.48. The zero-order chi connectivity index (χ0) is 19.0. The minimum absolute atomic E-state index is 0.161. The predicted octanol–water partition coefficient (Wildman–Crippen LogP) is 2.65. The van der Waals surface area contributed by atoms with E-state index >= 15 is 0 Å². The van der Waals surface area contributed by atoms with E-state index in [1.54, 1.807) is 13.0 Å². The number of ether oxygens (including phenoxy) is 1. The lowest BCUT2D eigenvalue weighted by Gasteiger charge is -2.37. The van der Waals surface area contributed by atoms with E-state index in [0.29, 0.717) is 17.6 Å². The highest BCUT2D eigenvalue weighted by atomic mass is 16.5. The van der Waals surface area contributed by atoms with Crippen LogP contribution in [0.3, 0.4) is 0 Å². The van der Waals surface area contributed by atoms with Crippen molar-refractivity contribution in [2.75, 3.05) is 0 Å². The summed E-state index contributed by atoms with van der Waals surface area (Å²) in [4.78, 5) is 40.1. The molecule has 5 heteroatoms. The van der Waals surface area contributed by atoms with Gasteiger partial charge in [-0.2, -0.15) is 0 Å². The number of rotatable bonds is 3. The van der Waals surface area contributed by atoms with E-state index in [9.17, 15) is 14.4 Å². The van der Waals surface area contributed by atoms with Crippen LogP contribution in [0.4, 0.5) is 0 Å². The molecule has 1 aromatic carbocycles. The molecule has 4 aliphatic carbocycles. The average molecular weight is 365 g/mol. The SMILES string of the molecule is Cc1ccc(C)c(OC(=O)[C@H](C)N2C(=O)[C@@H]3[C@H]4C=C[C@@H]([C@@H]5C[C@H]45)[C@H]3C2=O)c1. The molecule has 2 amide bonds. The van der Waals surface area contributed by atoms with Crippen LogP contribution >= 0.6 is 0 Å². The number of hydrogen-bond donors (Lipinski definition) is 0. The summed E-state index contributed by atoms with van der Waals surface area (Å²) in [6.45, 7) is 5.38. The molecule has 6 rings (SSSR count). The van der Waals surface area contributed by atoms with Crippen LogP contribution in [0.25, 0.3) is 0 Å². The van der Waals surface area contributed by atoms with E-state index in [0.717, 1.165) is 17.5 Å². The second-order valence-electron chi connectivity index (χ2n) is 8.57. The van der Waals surface area contributed by atoms with E-state index in [1.807, 2.05) is 26.0 Å². The Morgan fingerprint density at radius 1 is 1.07 bits per heavy atom. The van der Waals surface area contributed by atoms with Gasteiger partial charge in [-0.25, -0.2) is 4.79 Å². The number of aryl methyl sites for hydroxylation is 2. The third-order valence-corrected chi connectivity index (χ3v) is 6.98. The van der Waals surface area contributed by atoms with Crippen molar-refractivity contribution in [2.45, 2.75) is 33.2 Å². The van der Waals surface area contributed by atoms with Crippen LogP contribution in [-0.2, 0) is 14.4 Å². The minimum atomic E-state index is -0.911. The van der Waals surface area contributed by atoms with Crippen molar-refractivity contribution in [3.63, 3.8) is 0 Å². The van der Waals surface area contributed by atoms with Crippen molar-refractivity contribution in [1.29, 1.82) is 0 Å². The molecule has 5 aliphatic rings. The molecule has 0 spiro atoms. The molecule has 1 heterocycles. The van der Waals surface area contributed by atoms with Gasteiger partial charge in [0.05, 0.1) is 11.8 Å². The quantitative estimate of drug-likeness (QED) is 0.358. The maximum absolute atomic E-state index is 13.1. The van der Waals surface area contributed by atoms with E-state index in [-0.39, 0.29) is 35.5 Å². The highest BCUT2D eigenvalue weighted by Gasteiger charge is 2.67. The molecule has 0 aromatic heterocycles. The Hall–Kier alpha value is -2.43. The van der Waals surface area contributed by atoms with Crippen LogP contribution in [0.5, 0.6) is 5.75 Å². The number of allylic oxidation sites excluding steroid dienone is 2. The zero-order valence-corrected chi connectivity index (χ0v) is 15.7. The van der Waals surface area contributed by atoms with Gasteiger partial charge in [0.2, 0.25) is 11.8 Å². The molecular formula is C22H23NO4. The van der Waals surface area contributed by atoms with Gasteiger partial charge in [0.1, 0.15) is 11.8 Å². The first-order valence-corrected chi connectivity index (χ1v) is 9.72. The second kappa shape index (κ2) is 5.54. The molecule has 0 radical (unpaired) electrons. The van der Waals surface area contributed by atoms with Crippen molar-refractivity contribution in [3.8, 4) is 5.75 Å². The first kappa shape index (κ1) is 16.7. The largest absolute Gasteiger partial charge is 0.425 e. The van der Waals surface area contributed by atoms with Gasteiger partial charge in [-0.15, -0.1) is 0 Å². The Morgan fingerprint density at radius 3 is 2.26 bits per heavy atom. The highest BCUT2D eigenvalue weighted by molar-refractivity contribution is 6.08. The summed E-state index contributed by atoms with van der Waals surface area (Å²) >= 11 is 0. The van der Waals surface area contributed by atoms with Gasteiger partial charge in [0.15, 0.2) is 0 Å². The van der Waals surface area contributed by atoms with Crippen LogP contribution in [0.1, 0.15) is 24.5 Å². The van der Waals surface area contributed by atoms with Gasteiger partial charge < -0.3 is 4.74 Å². The van der Waals surface area contributed by atoms with Gasteiger partial charge in [0, 0.05) is 0 Å². The highest BCUT2D eigenvalue weighted by Crippen LogP contribution is 2.65. The molecule has 5 nitrogen and oxygen atoms in total. The van der Waals surface area contributed by atoms with Crippen molar-refractivity contribution in [3.05, 3.63) is 41.5 Å². The maximum Gasteiger partial charge on any atom is 0.334 e. The third kappa shape index (κ3) is 2.27. The normalized spacial score (nSPS) is 36.5. The lowest BCUT2D eigenvalue weighted by Crippen LogP contribution is -2.45. The molecule has 0 unspecified atom stereocenters. The van der Waals surface area contributed by atoms with Crippen molar-refractivity contribution < 1.29 is 19.1 Å². The summed E-state index contributed by atoms with van der Waals surface area (Å²) in [7, 11) is 0. The molecule has 3 fully saturated rings. The summed E-state index contributed by atoms with van der Waals surface area (Å²) in [6.07, 6.45) is 5.39. The molecule has 27 heavy (non-hydrogen) atoms. The van der Waals surface area contributed by atoms with Gasteiger partial charge in [0.25, 0.3) is 0 Å². The van der Waals surface area contributed by atoms with Crippen LogP contribution in [0.2, 0.25) is 0 Å². The number of likely N-dealkylation sites (tertiary alicyclic amines) is 1. The van der Waals surface area contributed by atoms with E-state index in [2.05, 4.69) is 12.2 Å². The van der Waals surface area contributed by atoms with Gasteiger partial charge >= 0.3 is 5.97 Å². The zero-order valence-electron chi connectivity index (χ0n) is 15.7. The van der Waals surface area contributed by atoms with E-state index < -0.39 is 12.0 Å². The Labute approximate surface area is 158 Å². The summed E-state index contributed by atoms with van der Waals surface area (Å²) in [5.74, 6) is 0.383. The number of nitrogens with zero attached hydrogens (tertiary/aromatic N) is 1. The van der Waals surface area contributed by atoms with E-state index in [4.69, 9.17) is 4.74 Å². The standard InChI is InChI=1S/C22H23NO4/c1-10-4-5-11(2)17(8-10)27-22(26)12(3)23-20(24)18-13-6-7-14(16-9-15(13)16)19(18)21(23)25/h4-8,12-16,18-19H,9H2,1-3H3/t12-,13-,14-,15-,16+,18+,19+/m0/s1. The monoisotopic (exact) mass is 365 g/mol. The van der Waals surface area contributed by atoms with E-state index in [1.165, 1.54) is 4.90 Å². The van der Waals surface area contributed by atoms with Crippen LogP contribution in [-0.4, -0.2) is 28.7 Å². The molecular weight excluding hydrogens is 342 g/mol. The molecule has 2 saturated carbocycles. The fraction of sp³-hybridized carbons (Fsp3) is 0.500. The predicted molar refractivity (Wildman–Crippen MR) is 97.6 cm³/mol. The number of esters is 1. The number of hydrogen-bond acceptors (Lipinski definition) is 4. The Kier molecular flexibility index (Phi) is 3.43. The van der Waals surface area contributed by atoms with Crippen molar-refractivity contribution in [1.82, 2.24) is 4.90 Å². The number of amides is 2. The van der Waals surface area contributed by atoms with Gasteiger partial charge in [-0.3, -0.25) is 14.5 Å². The summed E-state index contributed by atoms with van der Waals surface area (Å²) in [5.41, 5.74) is 1.83. The summed E-state index contributed by atoms with van der Waals surface area (Å²) in [6, 6.07) is 4.72. The van der Waals surface area contributed by atoms with Crippen LogP contribution in [0, 0.1) is 49.4 Å². The maximum atomic E-state index is 13.1. The lowest BCUT2D eigenvalue weighted by molar-refractivity contribution is -0.152. The minimum Gasteiger partial charge on any atom is -0.425 e. The van der Waals surface area contributed by atoms with Crippen molar-refractivity contribution in [2.24, 2.45) is 35.5 Å². The van der Waals surface area contributed by atoms with Gasteiger partial charge in [-0.05, 0) is 68.1 Å². The molecule has 1 aromatic rings. The molecule has 0 N–H and O–H groups in total. The third-order valence-electron chi connectivity index (χ3n) is 6.98. The average Bonchev–Trinajstić information content (AvgIpc) is 3.42. The number of benzene rings is 1. The first-order valence-electron chi connectivity index (χ1n) is 9.72. The smallest absolute Gasteiger partial charge is 0.334 e. The molecule has 2 bridgehead atoms. The molecule has 1 saturated heterocycles.